The number of fused-ring (bicyclic) bond motifs is 1. The molecule has 0 aromatic heterocycles. The zero-order chi connectivity index (χ0) is 30.8. The smallest absolute Gasteiger partial charge is 0.369 e. The Balaban J connectivity index is 1.24. The third-order valence-electron chi connectivity index (χ3n) is 8.93. The number of alkyl halides is 3. The van der Waals surface area contributed by atoms with Crippen LogP contribution < -0.4 is 11.1 Å². The second-order valence-electron chi connectivity index (χ2n) is 12.0. The monoisotopic (exact) mass is 620 g/mol. The van der Waals surface area contributed by atoms with E-state index in [0.717, 1.165) is 74.9 Å². The standard InChI is InChI=1S/C31H39F3N4O4S/c32-31(33,34)24-8-4-10-26(17-24)43(41,42)38-15-2-1-9-25(38)18-29(39)36-28-11-3-6-22-16-21(12-13-27(22)28)19-37-14-5-7-23(20-37)30(35)40/h4,8,10,12-13,16-17,23,25,28H,1-3,5-7,9,11,14-15,18-20H2,(H2,35,40)(H,36,39)/t23?,25-,28+/m0/s1. The Morgan fingerprint density at radius 2 is 1.79 bits per heavy atom. The molecule has 2 heterocycles. The van der Waals surface area contributed by atoms with Gasteiger partial charge in [0.25, 0.3) is 0 Å². The lowest BCUT2D eigenvalue weighted by atomic mass is 9.86. The summed E-state index contributed by atoms with van der Waals surface area (Å²) in [5, 5.41) is 3.11. The Hall–Kier alpha value is -2.96. The van der Waals surface area contributed by atoms with Crippen LogP contribution in [-0.2, 0) is 38.8 Å². The number of nitrogens with two attached hydrogens (primary N) is 1. The van der Waals surface area contributed by atoms with Crippen LogP contribution in [0.2, 0.25) is 0 Å². The van der Waals surface area contributed by atoms with Crippen LogP contribution in [0.4, 0.5) is 13.2 Å². The number of piperidine rings is 2. The average molecular weight is 621 g/mol. The number of primary amides is 1. The summed E-state index contributed by atoms with van der Waals surface area (Å²) in [7, 11) is -4.22. The highest BCUT2D eigenvalue weighted by molar-refractivity contribution is 7.89. The molecule has 3 aliphatic rings. The fourth-order valence-corrected chi connectivity index (χ4v) is 8.47. The number of amides is 2. The Kier molecular flexibility index (Phi) is 9.48. The van der Waals surface area contributed by atoms with Gasteiger partial charge in [-0.15, -0.1) is 0 Å². The Morgan fingerprint density at radius 3 is 2.56 bits per heavy atom. The zero-order valence-corrected chi connectivity index (χ0v) is 24.9. The molecule has 1 unspecified atom stereocenters. The van der Waals surface area contributed by atoms with Gasteiger partial charge in [-0.25, -0.2) is 8.42 Å². The van der Waals surface area contributed by atoms with Gasteiger partial charge in [0.2, 0.25) is 21.8 Å². The number of likely N-dealkylation sites (tertiary alicyclic amines) is 1. The number of carbonyl (C=O) groups is 2. The lowest BCUT2D eigenvalue weighted by molar-refractivity contribution is -0.137. The summed E-state index contributed by atoms with van der Waals surface area (Å²) >= 11 is 0. The molecule has 2 amide bonds. The minimum atomic E-state index is -4.66. The first kappa shape index (κ1) is 31.5. The second-order valence-corrected chi connectivity index (χ2v) is 13.9. The molecule has 12 heteroatoms. The average Bonchev–Trinajstić information content (AvgIpc) is 2.97. The number of nitrogens with zero attached hydrogens (tertiary/aromatic N) is 2. The van der Waals surface area contributed by atoms with E-state index < -0.39 is 32.7 Å². The van der Waals surface area contributed by atoms with Crippen LogP contribution >= 0.6 is 0 Å². The van der Waals surface area contributed by atoms with Gasteiger partial charge in [-0.2, -0.15) is 17.5 Å². The van der Waals surface area contributed by atoms with Crippen LogP contribution in [0.5, 0.6) is 0 Å². The Morgan fingerprint density at radius 1 is 0.977 bits per heavy atom. The SMILES string of the molecule is NC(=O)C1CCCN(Cc2ccc3c(c2)CCC[C@H]3NC(=O)C[C@@H]2CCCCN2S(=O)(=O)c2cccc(C(F)(F)F)c2)C1. The van der Waals surface area contributed by atoms with Crippen molar-refractivity contribution < 1.29 is 31.2 Å². The van der Waals surface area contributed by atoms with Crippen LogP contribution in [0.15, 0.2) is 47.4 Å². The van der Waals surface area contributed by atoms with Crippen molar-refractivity contribution in [1.82, 2.24) is 14.5 Å². The van der Waals surface area contributed by atoms with Crippen LogP contribution in [0.3, 0.4) is 0 Å². The fourth-order valence-electron chi connectivity index (χ4n) is 6.74. The lowest BCUT2D eigenvalue weighted by Gasteiger charge is -2.35. The summed E-state index contributed by atoms with van der Waals surface area (Å²) < 4.78 is 67.9. The molecular weight excluding hydrogens is 581 g/mol. The van der Waals surface area contributed by atoms with E-state index in [4.69, 9.17) is 5.73 Å². The molecule has 2 saturated heterocycles. The normalized spacial score (nSPS) is 23.8. The lowest BCUT2D eigenvalue weighted by Crippen LogP contribution is -2.46. The topological polar surface area (TPSA) is 113 Å². The van der Waals surface area contributed by atoms with E-state index in [9.17, 15) is 31.2 Å². The summed E-state index contributed by atoms with van der Waals surface area (Å²) in [5.41, 5.74) is 7.88. The van der Waals surface area contributed by atoms with Crippen molar-refractivity contribution in [3.63, 3.8) is 0 Å². The van der Waals surface area contributed by atoms with Gasteiger partial charge in [-0.3, -0.25) is 14.5 Å². The number of nitrogens with one attached hydrogen (secondary N) is 1. The number of aryl methyl sites for hydroxylation is 1. The zero-order valence-electron chi connectivity index (χ0n) is 24.1. The molecule has 0 spiro atoms. The van der Waals surface area contributed by atoms with Gasteiger partial charge >= 0.3 is 6.18 Å². The quantitative estimate of drug-likeness (QED) is 0.451. The molecule has 0 saturated carbocycles. The number of halogens is 3. The van der Waals surface area contributed by atoms with E-state index in [2.05, 4.69) is 28.4 Å². The number of carbonyl (C=O) groups excluding carboxylic acids is 2. The third kappa shape index (κ3) is 7.41. The number of sulfonamides is 1. The van der Waals surface area contributed by atoms with Crippen molar-refractivity contribution >= 4 is 21.8 Å². The van der Waals surface area contributed by atoms with Gasteiger partial charge < -0.3 is 11.1 Å². The highest BCUT2D eigenvalue weighted by atomic mass is 32.2. The first-order chi connectivity index (χ1) is 20.4. The molecule has 8 nitrogen and oxygen atoms in total. The fraction of sp³-hybridized carbons (Fsp3) is 0.548. The summed E-state index contributed by atoms with van der Waals surface area (Å²) in [6.45, 7) is 2.46. The van der Waals surface area contributed by atoms with E-state index in [0.29, 0.717) is 25.5 Å². The maximum absolute atomic E-state index is 13.4. The van der Waals surface area contributed by atoms with Crippen LogP contribution in [0.25, 0.3) is 0 Å². The van der Waals surface area contributed by atoms with E-state index in [1.165, 1.54) is 15.9 Å². The molecule has 1 aliphatic carbocycles. The Bertz CT molecular complexity index is 1450. The summed E-state index contributed by atoms with van der Waals surface area (Å²) in [5.74, 6) is -0.645. The van der Waals surface area contributed by atoms with Gasteiger partial charge in [0, 0.05) is 32.1 Å². The van der Waals surface area contributed by atoms with Crippen molar-refractivity contribution in [1.29, 1.82) is 0 Å². The minimum Gasteiger partial charge on any atom is -0.369 e. The molecule has 2 aromatic carbocycles. The largest absolute Gasteiger partial charge is 0.416 e. The van der Waals surface area contributed by atoms with Gasteiger partial charge in [-0.1, -0.05) is 30.7 Å². The van der Waals surface area contributed by atoms with Crippen molar-refractivity contribution in [3.8, 4) is 0 Å². The molecule has 234 valence electrons. The molecule has 3 N–H and O–H groups in total. The number of benzene rings is 2. The summed E-state index contributed by atoms with van der Waals surface area (Å²) in [6, 6.07) is 9.23. The molecule has 2 fully saturated rings. The van der Waals surface area contributed by atoms with Crippen LogP contribution in [0.1, 0.15) is 79.7 Å². The van der Waals surface area contributed by atoms with Gasteiger partial charge in [-0.05, 0) is 86.4 Å². The molecule has 43 heavy (non-hydrogen) atoms. The van der Waals surface area contributed by atoms with Gasteiger partial charge in [0.1, 0.15) is 0 Å². The summed E-state index contributed by atoms with van der Waals surface area (Å²) in [6.07, 6.45) is 1.38. The molecular formula is C31H39F3N4O4S. The van der Waals surface area contributed by atoms with E-state index in [1.54, 1.807) is 0 Å². The van der Waals surface area contributed by atoms with Crippen molar-refractivity contribution in [2.45, 2.75) is 87.5 Å². The van der Waals surface area contributed by atoms with Crippen LogP contribution in [-0.4, -0.2) is 55.1 Å². The molecule has 5 rings (SSSR count). The molecule has 0 radical (unpaired) electrons. The molecule has 2 aromatic rings. The first-order valence-corrected chi connectivity index (χ1v) is 16.5. The predicted molar refractivity (Wildman–Crippen MR) is 155 cm³/mol. The maximum Gasteiger partial charge on any atom is 0.416 e. The van der Waals surface area contributed by atoms with Crippen molar-refractivity contribution in [2.24, 2.45) is 11.7 Å². The summed E-state index contributed by atoms with van der Waals surface area (Å²) in [4.78, 5) is 26.8. The first-order valence-electron chi connectivity index (χ1n) is 15.0. The number of hydrogen-bond donors (Lipinski definition) is 2. The Labute approximate surface area is 250 Å². The minimum absolute atomic E-state index is 0.0574. The van der Waals surface area contributed by atoms with E-state index in [-0.39, 0.29) is 36.7 Å². The van der Waals surface area contributed by atoms with Crippen molar-refractivity contribution in [3.05, 3.63) is 64.7 Å². The predicted octanol–water partition coefficient (Wildman–Crippen LogP) is 4.53. The van der Waals surface area contributed by atoms with E-state index >= 15 is 0 Å². The second kappa shape index (κ2) is 13.0. The highest BCUT2D eigenvalue weighted by Gasteiger charge is 2.37. The number of hydrogen-bond acceptors (Lipinski definition) is 5. The van der Waals surface area contributed by atoms with Gasteiger partial charge in [0.15, 0.2) is 0 Å². The number of rotatable bonds is 8. The van der Waals surface area contributed by atoms with Gasteiger partial charge in [0.05, 0.1) is 22.4 Å². The van der Waals surface area contributed by atoms with E-state index in [1.807, 2.05) is 0 Å². The maximum atomic E-state index is 13.4. The molecule has 3 atom stereocenters. The van der Waals surface area contributed by atoms with Crippen molar-refractivity contribution in [2.75, 3.05) is 19.6 Å². The molecule has 0 bridgehead atoms. The molecule has 2 aliphatic heterocycles. The third-order valence-corrected chi connectivity index (χ3v) is 10.9. The van der Waals surface area contributed by atoms with Crippen LogP contribution in [0, 0.1) is 5.92 Å². The highest BCUT2D eigenvalue weighted by Crippen LogP contribution is 2.34.